The summed E-state index contributed by atoms with van der Waals surface area (Å²) >= 11 is 0. The minimum Gasteiger partial charge on any atom is -0.203 e. The van der Waals surface area contributed by atoms with Gasteiger partial charge >= 0.3 is 18.5 Å². The molecule has 0 radical (unpaired) electrons. The van der Waals surface area contributed by atoms with Crippen LogP contribution in [0.25, 0.3) is 11.1 Å². The molecule has 0 amide bonds. The van der Waals surface area contributed by atoms with Crippen molar-refractivity contribution < 1.29 is 92.2 Å². The van der Waals surface area contributed by atoms with Crippen molar-refractivity contribution in [3.05, 3.63) is 114 Å². The molecule has 52 heavy (non-hydrogen) atoms. The van der Waals surface area contributed by atoms with Crippen LogP contribution in [0.2, 0.25) is 0 Å². The summed E-state index contributed by atoms with van der Waals surface area (Å²) in [5.41, 5.74) is -22.7. The first-order valence-corrected chi connectivity index (χ1v) is 13.7. The van der Waals surface area contributed by atoms with Gasteiger partial charge in [0.15, 0.2) is 69.8 Å². The quantitative estimate of drug-likeness (QED) is 0.183. The summed E-state index contributed by atoms with van der Waals surface area (Å²) in [6, 6.07) is 0. The van der Waals surface area contributed by atoms with Gasteiger partial charge in [-0.1, -0.05) is 6.92 Å². The maximum Gasteiger partial charge on any atom is 0.422 e. The zero-order valence-electron chi connectivity index (χ0n) is 25.1. The molecule has 3 aromatic carbocycles. The Balaban J connectivity index is 1.92. The normalized spacial score (nSPS) is 22.4. The molecule has 0 saturated heterocycles. The lowest BCUT2D eigenvalue weighted by atomic mass is 9.98. The van der Waals surface area contributed by atoms with Crippen molar-refractivity contribution in [2.24, 2.45) is 11.3 Å². The smallest absolute Gasteiger partial charge is 0.203 e. The first-order chi connectivity index (χ1) is 23.5. The molecule has 0 N–H and O–H groups in total. The van der Waals surface area contributed by atoms with Crippen LogP contribution < -0.4 is 0 Å². The molecule has 5 rings (SSSR count). The molecule has 0 aliphatic heterocycles. The van der Waals surface area contributed by atoms with Gasteiger partial charge in [-0.15, -0.1) is 0 Å². The number of benzene rings is 3. The van der Waals surface area contributed by atoms with Gasteiger partial charge in [0.2, 0.25) is 0 Å². The van der Waals surface area contributed by atoms with Crippen LogP contribution in [-0.2, 0) is 18.5 Å². The molecule has 282 valence electrons. The van der Waals surface area contributed by atoms with Crippen molar-refractivity contribution in [2.75, 3.05) is 0 Å². The van der Waals surface area contributed by atoms with Crippen molar-refractivity contribution in [3.63, 3.8) is 0 Å². The lowest BCUT2D eigenvalue weighted by Crippen LogP contribution is -2.17. The Kier molecular flexibility index (Phi) is 8.66. The predicted octanol–water partition coefficient (Wildman–Crippen LogP) is 12.1. The fourth-order valence-corrected chi connectivity index (χ4v) is 6.95. The van der Waals surface area contributed by atoms with Gasteiger partial charge < -0.3 is 0 Å². The molecule has 3 aromatic rings. The molecule has 2 fully saturated rings. The summed E-state index contributed by atoms with van der Waals surface area (Å²) in [6.07, 6.45) is -18.3. The Morgan fingerprint density at radius 3 is 0.865 bits per heavy atom. The molecule has 3 atom stereocenters. The minimum atomic E-state index is -6.09. The van der Waals surface area contributed by atoms with Crippen molar-refractivity contribution in [3.8, 4) is 0 Å². The number of hydrogen-bond acceptors (Lipinski definition) is 0. The second kappa shape index (κ2) is 11.6. The van der Waals surface area contributed by atoms with E-state index in [1.165, 1.54) is 0 Å². The minimum absolute atomic E-state index is 0.411. The topological polar surface area (TPSA) is 0 Å². The third-order valence-corrected chi connectivity index (χ3v) is 9.10. The fraction of sp³-hybridized carbons (Fsp3) is 0.290. The molecule has 2 saturated carbocycles. The second-order valence-electron chi connectivity index (χ2n) is 11.7. The van der Waals surface area contributed by atoms with E-state index >= 15 is 26.3 Å². The Hall–Kier alpha value is -4.33. The molecule has 3 unspecified atom stereocenters. The van der Waals surface area contributed by atoms with Crippen LogP contribution >= 0.6 is 0 Å². The third-order valence-electron chi connectivity index (χ3n) is 9.10. The number of allylic oxidation sites excluding steroid dienone is 4. The highest BCUT2D eigenvalue weighted by Crippen LogP contribution is 2.87. The number of hydrogen-bond donors (Lipinski definition) is 0. The average Bonchev–Trinajstić information content (AvgIpc) is 3.84. The van der Waals surface area contributed by atoms with Crippen LogP contribution in [0.4, 0.5) is 92.2 Å². The fourth-order valence-electron chi connectivity index (χ4n) is 6.95. The Labute approximate surface area is 274 Å². The van der Waals surface area contributed by atoms with Crippen molar-refractivity contribution in [1.82, 2.24) is 0 Å². The van der Waals surface area contributed by atoms with E-state index in [2.05, 4.69) is 0 Å². The van der Waals surface area contributed by atoms with Gasteiger partial charge in [-0.25, -0.2) is 52.7 Å². The molecule has 1 spiro atoms. The third kappa shape index (κ3) is 5.10. The van der Waals surface area contributed by atoms with Crippen LogP contribution in [0.15, 0.2) is 11.1 Å². The summed E-state index contributed by atoms with van der Waals surface area (Å²) in [7, 11) is 0. The first kappa shape index (κ1) is 38.9. The second-order valence-corrected chi connectivity index (χ2v) is 11.7. The Bertz CT molecular complexity index is 1970. The summed E-state index contributed by atoms with van der Waals surface area (Å²) in [4.78, 5) is 0. The highest BCUT2D eigenvalue weighted by Gasteiger charge is 2.79. The van der Waals surface area contributed by atoms with Crippen LogP contribution in [0.5, 0.6) is 0 Å². The molecular weight excluding hydrogens is 771 g/mol. The predicted molar refractivity (Wildman–Crippen MR) is 133 cm³/mol. The van der Waals surface area contributed by atoms with E-state index in [0.717, 1.165) is 6.92 Å². The van der Waals surface area contributed by atoms with Crippen molar-refractivity contribution in [1.29, 1.82) is 0 Å². The van der Waals surface area contributed by atoms with Crippen molar-refractivity contribution >= 4 is 11.1 Å². The van der Waals surface area contributed by atoms with E-state index in [9.17, 15) is 65.9 Å². The highest BCUT2D eigenvalue weighted by molar-refractivity contribution is 5.95. The van der Waals surface area contributed by atoms with E-state index in [4.69, 9.17) is 0 Å². The summed E-state index contributed by atoms with van der Waals surface area (Å²) in [5, 5.41) is 0. The van der Waals surface area contributed by atoms with E-state index in [1.54, 1.807) is 0 Å². The van der Waals surface area contributed by atoms with Gasteiger partial charge in [-0.2, -0.15) is 39.5 Å². The van der Waals surface area contributed by atoms with Crippen LogP contribution in [0, 0.1) is 81.1 Å². The summed E-state index contributed by atoms with van der Waals surface area (Å²) in [6.45, 7) is 1.62. The zero-order valence-corrected chi connectivity index (χ0v) is 25.1. The van der Waals surface area contributed by atoms with Gasteiger partial charge in [0.05, 0.1) is 11.1 Å². The molecular formula is C31H11F21. The maximum atomic E-state index is 15.2. The average molecular weight is 782 g/mol. The largest absolute Gasteiger partial charge is 0.422 e. The number of alkyl halides is 9. The molecule has 0 nitrogen and oxygen atoms in total. The molecule has 2 aliphatic rings. The van der Waals surface area contributed by atoms with Crippen molar-refractivity contribution in [2.45, 2.75) is 45.2 Å². The number of halogens is 21. The van der Waals surface area contributed by atoms with Gasteiger partial charge in [-0.05, 0) is 42.1 Å². The Morgan fingerprint density at radius 2 is 0.635 bits per heavy atom. The summed E-state index contributed by atoms with van der Waals surface area (Å²) in [5.74, 6) is -39.4. The van der Waals surface area contributed by atoms with Crippen LogP contribution in [0.1, 0.15) is 60.1 Å². The molecule has 2 aliphatic carbocycles. The van der Waals surface area contributed by atoms with Gasteiger partial charge in [-0.3, -0.25) is 0 Å². The lowest BCUT2D eigenvalue weighted by molar-refractivity contribution is -0.144. The monoisotopic (exact) mass is 782 g/mol. The van der Waals surface area contributed by atoms with Crippen LogP contribution in [0.3, 0.4) is 0 Å². The molecule has 0 heterocycles. The van der Waals surface area contributed by atoms with Gasteiger partial charge in [0.25, 0.3) is 0 Å². The first-order valence-electron chi connectivity index (χ1n) is 13.7. The highest BCUT2D eigenvalue weighted by atomic mass is 19.4. The van der Waals surface area contributed by atoms with E-state index in [1.807, 2.05) is 0 Å². The molecule has 0 aromatic heterocycles. The zero-order chi connectivity index (χ0) is 39.9. The van der Waals surface area contributed by atoms with E-state index in [-0.39, 0.29) is 0 Å². The maximum absolute atomic E-state index is 15.2. The number of rotatable bonds is 3. The standard InChI is InChI=1S/C31H11F21/c1-4(7-16(32)22(38)13(29(44,45)46)23(39)17(7)33)10-11(5(2)8-18(34)24(40)14(30(47,48)49)25(41)19(8)35)28(10)6(3)12(28)9-20(36)26(42)15(31(50,51)52)27(43)21(9)37/h6,12H,1-3H3/b10-4-,11-5+. The van der Waals surface area contributed by atoms with Crippen LogP contribution in [-0.4, -0.2) is 0 Å². The van der Waals surface area contributed by atoms with E-state index in [0.29, 0.717) is 13.8 Å². The Morgan fingerprint density at radius 1 is 0.404 bits per heavy atom. The molecule has 21 heteroatoms. The SMILES string of the molecule is C/C(=C1/C(=C(\C)c2c(F)c(F)c(C(F)(F)F)c(F)c2F)C12C(C)C2c1c(F)c(F)c(C(F)(F)F)c(F)c1F)c1c(F)c(F)c(C(F)(F)F)c(F)c1F. The van der Waals surface area contributed by atoms with Gasteiger partial charge in [0, 0.05) is 16.9 Å². The summed E-state index contributed by atoms with van der Waals surface area (Å²) < 4.78 is 297. The van der Waals surface area contributed by atoms with E-state index < -0.39 is 161 Å². The molecule has 0 bridgehead atoms. The lowest BCUT2D eigenvalue weighted by Gasteiger charge is -2.15. The van der Waals surface area contributed by atoms with Gasteiger partial charge in [0.1, 0.15) is 16.7 Å².